The van der Waals surface area contributed by atoms with Gasteiger partial charge in [0.05, 0.1) is 0 Å². The summed E-state index contributed by atoms with van der Waals surface area (Å²) in [6.07, 6.45) is 1.36. The molecule has 1 amide bonds. The summed E-state index contributed by atoms with van der Waals surface area (Å²) in [5, 5.41) is 3.48. The maximum absolute atomic E-state index is 13.0. The van der Waals surface area contributed by atoms with Crippen molar-refractivity contribution in [2.75, 3.05) is 30.5 Å². The molecular formula is C23H21N5O4S. The van der Waals surface area contributed by atoms with Gasteiger partial charge in [-0.3, -0.25) is 14.2 Å². The maximum atomic E-state index is 13.0. The Hall–Kier alpha value is -3.92. The van der Waals surface area contributed by atoms with Gasteiger partial charge in [-0.05, 0) is 17.7 Å². The van der Waals surface area contributed by atoms with E-state index in [4.69, 9.17) is 9.47 Å². The third-order valence-electron chi connectivity index (χ3n) is 5.10. The van der Waals surface area contributed by atoms with Crippen molar-refractivity contribution in [3.63, 3.8) is 0 Å². The highest BCUT2D eigenvalue weighted by Crippen LogP contribution is 2.32. The Balaban J connectivity index is 1.31. The van der Waals surface area contributed by atoms with E-state index in [1.54, 1.807) is 18.2 Å². The first kappa shape index (κ1) is 21.0. The molecule has 0 spiro atoms. The summed E-state index contributed by atoms with van der Waals surface area (Å²) in [4.78, 5) is 36.3. The van der Waals surface area contributed by atoms with Gasteiger partial charge in [0.2, 0.25) is 5.91 Å². The number of amides is 1. The van der Waals surface area contributed by atoms with Crippen molar-refractivity contribution in [2.24, 2.45) is 0 Å². The molecule has 5 rings (SSSR count). The molecule has 33 heavy (non-hydrogen) atoms. The molecule has 0 saturated heterocycles. The third-order valence-corrected chi connectivity index (χ3v) is 6.25. The molecule has 1 aliphatic rings. The molecule has 0 aliphatic carbocycles. The minimum Gasteiger partial charge on any atom is -0.486 e. The van der Waals surface area contributed by atoms with E-state index in [9.17, 15) is 9.59 Å². The summed E-state index contributed by atoms with van der Waals surface area (Å²) in [6, 6.07) is 15.2. The first-order valence-electron chi connectivity index (χ1n) is 10.4. The van der Waals surface area contributed by atoms with Gasteiger partial charge >= 0.3 is 0 Å². The Morgan fingerprint density at radius 1 is 1.15 bits per heavy atom. The van der Waals surface area contributed by atoms with Gasteiger partial charge < -0.3 is 19.7 Å². The van der Waals surface area contributed by atoms with Crippen LogP contribution in [0.25, 0.3) is 10.3 Å². The minimum absolute atomic E-state index is 0.163. The number of nitrogens with one attached hydrogen (secondary N) is 1. The van der Waals surface area contributed by atoms with E-state index in [2.05, 4.69) is 15.3 Å². The second-order valence-electron chi connectivity index (χ2n) is 7.58. The standard InChI is InChI=1S/C23H21N5O4S/c1-27(12-15-5-3-2-4-6-15)23-26-21-20(33-23)22(30)28(14-24-21)13-19(29)25-16-7-8-17-18(11-16)32-10-9-31-17/h2-8,11,14H,9-10,12-13H2,1H3,(H,25,29). The van der Waals surface area contributed by atoms with Crippen molar-refractivity contribution >= 4 is 38.4 Å². The van der Waals surface area contributed by atoms with Gasteiger partial charge in [0.25, 0.3) is 5.56 Å². The maximum Gasteiger partial charge on any atom is 0.273 e. The van der Waals surface area contributed by atoms with Gasteiger partial charge in [-0.15, -0.1) is 0 Å². The lowest BCUT2D eigenvalue weighted by molar-refractivity contribution is -0.116. The van der Waals surface area contributed by atoms with E-state index in [1.165, 1.54) is 22.2 Å². The highest BCUT2D eigenvalue weighted by molar-refractivity contribution is 7.22. The average molecular weight is 464 g/mol. The predicted octanol–water partition coefficient (Wildman–Crippen LogP) is 2.90. The van der Waals surface area contributed by atoms with E-state index in [-0.39, 0.29) is 18.0 Å². The topological polar surface area (TPSA) is 98.6 Å². The first-order chi connectivity index (χ1) is 16.1. The van der Waals surface area contributed by atoms with Crippen molar-refractivity contribution in [3.8, 4) is 11.5 Å². The molecule has 4 aromatic rings. The van der Waals surface area contributed by atoms with Crippen LogP contribution in [0.15, 0.2) is 59.7 Å². The second kappa shape index (κ2) is 8.91. The molecule has 0 saturated carbocycles. The zero-order valence-corrected chi connectivity index (χ0v) is 18.7. The van der Waals surface area contributed by atoms with Crippen LogP contribution in [0.3, 0.4) is 0 Å². The number of aromatic nitrogens is 3. The smallest absolute Gasteiger partial charge is 0.273 e. The van der Waals surface area contributed by atoms with Gasteiger partial charge in [0.15, 0.2) is 22.3 Å². The van der Waals surface area contributed by atoms with Crippen LogP contribution in [0.1, 0.15) is 5.56 Å². The summed E-state index contributed by atoms with van der Waals surface area (Å²) in [5.74, 6) is 0.875. The lowest BCUT2D eigenvalue weighted by Crippen LogP contribution is -2.27. The van der Waals surface area contributed by atoms with Crippen molar-refractivity contribution in [1.29, 1.82) is 0 Å². The Kier molecular flexibility index (Phi) is 5.66. The number of rotatable bonds is 6. The summed E-state index contributed by atoms with van der Waals surface area (Å²) < 4.78 is 12.7. The van der Waals surface area contributed by atoms with Crippen molar-refractivity contribution in [1.82, 2.24) is 14.5 Å². The number of nitrogens with zero attached hydrogens (tertiary/aromatic N) is 4. The summed E-state index contributed by atoms with van der Waals surface area (Å²) >= 11 is 1.27. The van der Waals surface area contributed by atoms with Crippen molar-refractivity contribution in [3.05, 3.63) is 70.8 Å². The molecule has 0 bridgehead atoms. The molecule has 1 aliphatic heterocycles. The lowest BCUT2D eigenvalue weighted by Gasteiger charge is -2.19. The van der Waals surface area contributed by atoms with Crippen LogP contribution in [0.2, 0.25) is 0 Å². The molecule has 168 valence electrons. The van der Waals surface area contributed by atoms with Gasteiger partial charge in [-0.2, -0.15) is 4.98 Å². The van der Waals surface area contributed by atoms with Gasteiger partial charge in [0.1, 0.15) is 30.8 Å². The molecule has 0 atom stereocenters. The third kappa shape index (κ3) is 4.51. The normalized spacial score (nSPS) is 12.5. The summed E-state index contributed by atoms with van der Waals surface area (Å²) in [6.45, 7) is 1.46. The van der Waals surface area contributed by atoms with E-state index in [0.717, 1.165) is 5.56 Å². The fourth-order valence-corrected chi connectivity index (χ4v) is 4.44. The average Bonchev–Trinajstić information content (AvgIpc) is 3.27. The molecular weight excluding hydrogens is 442 g/mol. The molecule has 1 N–H and O–H groups in total. The monoisotopic (exact) mass is 463 g/mol. The second-order valence-corrected chi connectivity index (χ2v) is 8.55. The Bertz CT molecular complexity index is 1370. The van der Waals surface area contributed by atoms with E-state index in [1.807, 2.05) is 42.3 Å². The molecule has 0 fully saturated rings. The summed E-state index contributed by atoms with van der Waals surface area (Å²) in [5.41, 5.74) is 1.78. The molecule has 9 nitrogen and oxygen atoms in total. The summed E-state index contributed by atoms with van der Waals surface area (Å²) in [7, 11) is 1.92. The molecule has 0 radical (unpaired) electrons. The lowest BCUT2D eigenvalue weighted by atomic mass is 10.2. The number of thiazole rings is 1. The molecule has 2 aromatic carbocycles. The number of fused-ring (bicyclic) bond motifs is 2. The largest absolute Gasteiger partial charge is 0.486 e. The number of anilines is 2. The molecule has 2 aromatic heterocycles. The van der Waals surface area contributed by atoms with Crippen LogP contribution in [-0.2, 0) is 17.9 Å². The Morgan fingerprint density at radius 2 is 1.94 bits per heavy atom. The number of carbonyl (C=O) groups excluding carboxylic acids is 1. The Morgan fingerprint density at radius 3 is 2.76 bits per heavy atom. The first-order valence-corrected chi connectivity index (χ1v) is 11.2. The van der Waals surface area contributed by atoms with Crippen LogP contribution in [0.5, 0.6) is 11.5 Å². The number of carbonyl (C=O) groups is 1. The van der Waals surface area contributed by atoms with Gasteiger partial charge in [0, 0.05) is 25.3 Å². The zero-order chi connectivity index (χ0) is 22.8. The quantitative estimate of drug-likeness (QED) is 0.469. The van der Waals surface area contributed by atoms with Gasteiger partial charge in [-0.25, -0.2) is 4.98 Å². The van der Waals surface area contributed by atoms with E-state index >= 15 is 0 Å². The van der Waals surface area contributed by atoms with Crippen molar-refractivity contribution in [2.45, 2.75) is 13.1 Å². The van der Waals surface area contributed by atoms with Crippen LogP contribution in [0.4, 0.5) is 10.8 Å². The van der Waals surface area contributed by atoms with E-state index in [0.29, 0.717) is 52.4 Å². The zero-order valence-electron chi connectivity index (χ0n) is 17.9. The Labute approximate surface area is 193 Å². The number of hydrogen-bond donors (Lipinski definition) is 1. The highest BCUT2D eigenvalue weighted by Gasteiger charge is 2.16. The van der Waals surface area contributed by atoms with Crippen molar-refractivity contribution < 1.29 is 14.3 Å². The number of ether oxygens (including phenoxy) is 2. The highest BCUT2D eigenvalue weighted by atomic mass is 32.1. The predicted molar refractivity (Wildman–Crippen MR) is 126 cm³/mol. The van der Waals surface area contributed by atoms with E-state index < -0.39 is 0 Å². The van der Waals surface area contributed by atoms with Gasteiger partial charge in [-0.1, -0.05) is 41.7 Å². The fraction of sp³-hybridized carbons (Fsp3) is 0.217. The molecule has 0 unspecified atom stereocenters. The SMILES string of the molecule is CN(Cc1ccccc1)c1nc2ncn(CC(=O)Nc3ccc4c(c3)OCCO4)c(=O)c2s1. The fourth-order valence-electron chi connectivity index (χ4n) is 3.51. The molecule has 3 heterocycles. The number of hydrogen-bond acceptors (Lipinski definition) is 8. The van der Waals surface area contributed by atoms with Crippen LogP contribution in [-0.4, -0.2) is 40.7 Å². The minimum atomic E-state index is -0.346. The van der Waals surface area contributed by atoms with Crippen LogP contribution in [0, 0.1) is 0 Å². The molecule has 10 heteroatoms. The number of benzene rings is 2. The van der Waals surface area contributed by atoms with Crippen LogP contribution < -0.4 is 25.2 Å². The van der Waals surface area contributed by atoms with Crippen LogP contribution >= 0.6 is 11.3 Å².